The Labute approximate surface area is 169 Å². The summed E-state index contributed by atoms with van der Waals surface area (Å²) in [5, 5.41) is 0. The van der Waals surface area contributed by atoms with Crippen molar-refractivity contribution in [2.24, 2.45) is 0 Å². The van der Waals surface area contributed by atoms with Gasteiger partial charge in [0, 0.05) is 0 Å². The van der Waals surface area contributed by atoms with Crippen molar-refractivity contribution in [1.29, 1.82) is 0 Å². The van der Waals surface area contributed by atoms with Gasteiger partial charge in [-0.3, -0.25) is 0 Å². The zero-order valence-electron chi connectivity index (χ0n) is 16.1. The van der Waals surface area contributed by atoms with E-state index in [4.69, 9.17) is 0 Å². The molecule has 0 aromatic carbocycles. The molecule has 0 amide bonds. The summed E-state index contributed by atoms with van der Waals surface area (Å²) in [5.74, 6) is -0.855. The van der Waals surface area contributed by atoms with Gasteiger partial charge in [-0.25, -0.2) is 16.8 Å². The van der Waals surface area contributed by atoms with Crippen molar-refractivity contribution >= 4 is 30.3 Å². The van der Waals surface area contributed by atoms with Gasteiger partial charge in [-0.1, -0.05) is 45.4 Å². The van der Waals surface area contributed by atoms with Gasteiger partial charge in [0.25, 0.3) is 0 Å². The molecule has 1 heterocycles. The lowest BCUT2D eigenvalue weighted by molar-refractivity contribution is -0.0505. The molecule has 0 aliphatic carbocycles. The molecule has 0 bridgehead atoms. The molecule has 0 radical (unpaired) electrons. The van der Waals surface area contributed by atoms with Gasteiger partial charge in [0.05, 0.1) is 0 Å². The molecule has 0 spiro atoms. The Morgan fingerprint density at radius 2 is 1.10 bits per heavy atom. The minimum atomic E-state index is -6.71. The smallest absolute Gasteiger partial charge is 0.201 e. The number of sulfonamides is 2. The Morgan fingerprint density at radius 3 is 1.48 bits per heavy atom. The van der Waals surface area contributed by atoms with Crippen molar-refractivity contribution < 1.29 is 43.2 Å². The molecule has 1 aliphatic rings. The molecule has 5 nitrogen and oxygen atoms in total. The van der Waals surface area contributed by atoms with E-state index in [9.17, 15) is 43.2 Å². The molecule has 0 atom stereocenters. The quantitative estimate of drug-likeness (QED) is 0.290. The van der Waals surface area contributed by atoms with E-state index in [1.54, 1.807) is 0 Å². The van der Waals surface area contributed by atoms with Crippen LogP contribution >= 0.6 is 10.2 Å². The van der Waals surface area contributed by atoms with Crippen molar-refractivity contribution in [3.63, 3.8) is 0 Å². The number of nitrogens with zero attached hydrogens (tertiary/aromatic N) is 1. The van der Waals surface area contributed by atoms with Crippen LogP contribution in [0.5, 0.6) is 0 Å². The van der Waals surface area contributed by atoms with Gasteiger partial charge >= 0.3 is 31.1 Å². The highest BCUT2D eigenvalue weighted by molar-refractivity contribution is 8.41. The minimum absolute atomic E-state index is 0.179. The third kappa shape index (κ3) is 6.16. The van der Waals surface area contributed by atoms with E-state index < -0.39 is 44.4 Å². The van der Waals surface area contributed by atoms with E-state index in [2.05, 4.69) is 0 Å². The zero-order valence-corrected chi connectivity index (χ0v) is 18.5. The van der Waals surface area contributed by atoms with Crippen LogP contribution in [0.1, 0.15) is 64.7 Å². The molecule has 176 valence electrons. The maximum Gasteiger partial charge on any atom is 0.513 e. The largest absolute Gasteiger partial charge is 0.513 e. The number of alkyl halides is 6. The molecule has 29 heavy (non-hydrogen) atoms. The fourth-order valence-electron chi connectivity index (χ4n) is 3.31. The monoisotopic (exact) mass is 495 g/mol. The Bertz CT molecular complexity index is 684. The van der Waals surface area contributed by atoms with Crippen molar-refractivity contribution in [2.75, 3.05) is 17.3 Å². The lowest BCUT2D eigenvalue weighted by atomic mass is 10.1. The van der Waals surface area contributed by atoms with Crippen LogP contribution in [0.3, 0.4) is 0 Å². The van der Waals surface area contributed by atoms with Crippen LogP contribution in [0, 0.1) is 0 Å². The molecule has 0 unspecified atom stereocenters. The Kier molecular flexibility index (Phi) is 9.20. The van der Waals surface area contributed by atoms with Crippen LogP contribution in [0.25, 0.3) is 0 Å². The topological polar surface area (TPSA) is 71.5 Å². The predicted molar refractivity (Wildman–Crippen MR) is 101 cm³/mol. The van der Waals surface area contributed by atoms with Crippen molar-refractivity contribution in [3.8, 4) is 0 Å². The van der Waals surface area contributed by atoms with E-state index in [1.165, 1.54) is 0 Å². The standard InChI is InChI=1S/C15H27F6NO4S3/c1-2-3-4-5-6-7-8-11-27(12-9-10-13-27)22(28(23,24)14(16,17)18)29(25,26)15(19,20)21/h2-13H2,1H3. The molecule has 0 aromatic heterocycles. The summed E-state index contributed by atoms with van der Waals surface area (Å²) in [4.78, 5) is 0. The van der Waals surface area contributed by atoms with Crippen molar-refractivity contribution in [1.82, 2.24) is 3.12 Å². The second-order valence-electron chi connectivity index (χ2n) is 7.01. The summed E-state index contributed by atoms with van der Waals surface area (Å²) in [5.41, 5.74) is -12.3. The summed E-state index contributed by atoms with van der Waals surface area (Å²) in [6, 6.07) is 0. The maximum absolute atomic E-state index is 13.1. The van der Waals surface area contributed by atoms with Gasteiger partial charge in [-0.2, -0.15) is 36.6 Å². The highest BCUT2D eigenvalue weighted by Gasteiger charge is 2.66. The molecule has 14 heteroatoms. The SMILES string of the molecule is CCCCCCCCCS1(N(S(=O)(=O)C(F)(F)F)S(=O)(=O)C(F)(F)F)CCCC1. The number of unbranched alkanes of at least 4 members (excludes halogenated alkanes) is 6. The molecular formula is C15H27F6NO4S3. The number of hydrogen-bond acceptors (Lipinski definition) is 4. The lowest BCUT2D eigenvalue weighted by Gasteiger charge is -2.44. The van der Waals surface area contributed by atoms with Gasteiger partial charge in [0.1, 0.15) is 0 Å². The molecular weight excluding hydrogens is 468 g/mol. The second kappa shape index (κ2) is 9.94. The van der Waals surface area contributed by atoms with Gasteiger partial charge < -0.3 is 0 Å². The average molecular weight is 496 g/mol. The molecule has 1 aliphatic heterocycles. The highest BCUT2D eigenvalue weighted by atomic mass is 32.4. The first-order valence-corrected chi connectivity index (χ1v) is 14.3. The van der Waals surface area contributed by atoms with Crippen LogP contribution < -0.4 is 0 Å². The summed E-state index contributed by atoms with van der Waals surface area (Å²) in [7, 11) is -16.8. The molecule has 0 aromatic rings. The molecule has 1 rings (SSSR count). The molecule has 0 saturated carbocycles. The Morgan fingerprint density at radius 1 is 0.724 bits per heavy atom. The van der Waals surface area contributed by atoms with Crippen molar-refractivity contribution in [2.45, 2.75) is 75.7 Å². The predicted octanol–water partition coefficient (Wildman–Crippen LogP) is 5.25. The van der Waals surface area contributed by atoms with E-state index in [0.29, 0.717) is 12.8 Å². The summed E-state index contributed by atoms with van der Waals surface area (Å²) in [6.07, 6.45) is 5.56. The summed E-state index contributed by atoms with van der Waals surface area (Å²) >= 11 is 0. The van der Waals surface area contributed by atoms with Crippen molar-refractivity contribution in [3.05, 3.63) is 0 Å². The Balaban J connectivity index is 3.22. The molecule has 1 fully saturated rings. The van der Waals surface area contributed by atoms with Gasteiger partial charge in [0.15, 0.2) is 0 Å². The summed E-state index contributed by atoms with van der Waals surface area (Å²) < 4.78 is 126. The second-order valence-corrected chi connectivity index (χ2v) is 14.8. The molecule has 1 saturated heterocycles. The third-order valence-electron chi connectivity index (χ3n) is 4.72. The molecule has 0 N–H and O–H groups in total. The van der Waals surface area contributed by atoms with Gasteiger partial charge in [0.2, 0.25) is 0 Å². The highest BCUT2D eigenvalue weighted by Crippen LogP contribution is 2.63. The van der Waals surface area contributed by atoms with E-state index in [0.717, 1.165) is 25.7 Å². The van der Waals surface area contributed by atoms with Crippen LogP contribution in [-0.2, 0) is 20.0 Å². The van der Waals surface area contributed by atoms with Crippen LogP contribution in [0.2, 0.25) is 0 Å². The maximum atomic E-state index is 13.1. The number of halogens is 6. The first-order valence-electron chi connectivity index (χ1n) is 9.33. The van der Waals surface area contributed by atoms with Crippen LogP contribution in [-0.4, -0.2) is 48.2 Å². The van der Waals surface area contributed by atoms with E-state index in [-0.39, 0.29) is 36.5 Å². The minimum Gasteiger partial charge on any atom is -0.201 e. The number of hydrogen-bond donors (Lipinski definition) is 0. The van der Waals surface area contributed by atoms with Crippen LogP contribution in [0.15, 0.2) is 0 Å². The summed E-state index contributed by atoms with van der Waals surface area (Å²) in [6.45, 7) is 2.02. The average Bonchev–Trinajstić information content (AvgIpc) is 3.00. The number of rotatable bonds is 11. The first-order chi connectivity index (χ1) is 13.1. The van der Waals surface area contributed by atoms with E-state index in [1.807, 2.05) is 6.92 Å². The normalized spacial score (nSPS) is 19.6. The Hall–Kier alpha value is -0.210. The zero-order chi connectivity index (χ0) is 22.6. The van der Waals surface area contributed by atoms with Gasteiger partial charge in [-0.15, -0.1) is 0 Å². The lowest BCUT2D eigenvalue weighted by Crippen LogP contribution is -2.51. The fraction of sp³-hybridized carbons (Fsp3) is 1.00. The fourth-order valence-corrected chi connectivity index (χ4v) is 13.7. The van der Waals surface area contributed by atoms with E-state index >= 15 is 0 Å². The first kappa shape index (κ1) is 26.8. The van der Waals surface area contributed by atoms with Gasteiger partial charge in [-0.05, 0) is 39.6 Å². The third-order valence-corrected chi connectivity index (χ3v) is 14.7. The van der Waals surface area contributed by atoms with Crippen LogP contribution in [0.4, 0.5) is 26.3 Å².